The van der Waals surface area contributed by atoms with Crippen molar-refractivity contribution in [1.82, 2.24) is 5.32 Å². The summed E-state index contributed by atoms with van der Waals surface area (Å²) in [5.74, 6) is -0.227. The Morgan fingerprint density at radius 2 is 2.29 bits per heavy atom. The van der Waals surface area contributed by atoms with Crippen LogP contribution in [-0.4, -0.2) is 25.2 Å². The second-order valence-electron chi connectivity index (χ2n) is 2.87. The monoisotopic (exact) mass is 195 g/mol. The fourth-order valence-electron chi connectivity index (χ4n) is 1.16. The second kappa shape index (κ2) is 4.62. The van der Waals surface area contributed by atoms with Gasteiger partial charge in [0, 0.05) is 12.1 Å². The lowest BCUT2D eigenvalue weighted by Crippen LogP contribution is -2.07. The zero-order chi connectivity index (χ0) is 10.6. The number of hydrogen-bond acceptors (Lipinski definition) is 4. The number of phenolic OH excluding ortho intramolecular Hbond substituents is 1. The molecule has 0 saturated heterocycles. The first-order valence-corrected chi connectivity index (χ1v) is 4.24. The Balaban J connectivity index is 2.99. The van der Waals surface area contributed by atoms with E-state index in [1.54, 1.807) is 13.1 Å². The molecule has 0 spiro atoms. The summed E-state index contributed by atoms with van der Waals surface area (Å²) in [6.45, 7) is 0.511. The first-order valence-electron chi connectivity index (χ1n) is 4.24. The minimum atomic E-state index is -0.401. The van der Waals surface area contributed by atoms with Gasteiger partial charge in [0.15, 0.2) is 0 Å². The van der Waals surface area contributed by atoms with Gasteiger partial charge in [-0.2, -0.15) is 0 Å². The average molecular weight is 195 g/mol. The number of phenols is 1. The molecule has 0 heterocycles. The molecule has 14 heavy (non-hydrogen) atoms. The van der Waals surface area contributed by atoms with Crippen molar-refractivity contribution in [1.29, 1.82) is 0 Å². The summed E-state index contributed by atoms with van der Waals surface area (Å²) in [5, 5.41) is 12.3. The molecule has 1 aromatic carbocycles. The molecule has 0 aromatic heterocycles. The first kappa shape index (κ1) is 10.5. The van der Waals surface area contributed by atoms with Crippen LogP contribution in [0.25, 0.3) is 0 Å². The Morgan fingerprint density at radius 1 is 1.57 bits per heavy atom. The number of hydrogen-bond donors (Lipinski definition) is 2. The fourth-order valence-corrected chi connectivity index (χ4v) is 1.16. The molecule has 0 aliphatic carbocycles. The van der Waals surface area contributed by atoms with Gasteiger partial charge in [-0.1, -0.05) is 0 Å². The van der Waals surface area contributed by atoms with Crippen LogP contribution < -0.4 is 5.32 Å². The zero-order valence-corrected chi connectivity index (χ0v) is 8.20. The predicted molar refractivity (Wildman–Crippen MR) is 52.2 cm³/mol. The third-order valence-corrected chi connectivity index (χ3v) is 1.87. The molecule has 2 N–H and O–H groups in total. The Hall–Kier alpha value is -1.55. The number of carbonyl (C=O) groups is 1. The molecular weight excluding hydrogens is 182 g/mol. The molecular formula is C10H13NO3. The Kier molecular flexibility index (Phi) is 3.48. The summed E-state index contributed by atoms with van der Waals surface area (Å²) in [5.41, 5.74) is 1.12. The number of rotatable bonds is 3. The van der Waals surface area contributed by atoms with E-state index in [0.717, 1.165) is 0 Å². The van der Waals surface area contributed by atoms with Crippen molar-refractivity contribution in [3.8, 4) is 5.75 Å². The largest absolute Gasteiger partial charge is 0.508 e. The van der Waals surface area contributed by atoms with Crippen LogP contribution in [0.1, 0.15) is 15.9 Å². The van der Waals surface area contributed by atoms with Gasteiger partial charge in [-0.3, -0.25) is 0 Å². The van der Waals surface area contributed by atoms with Crippen molar-refractivity contribution in [2.45, 2.75) is 6.54 Å². The quantitative estimate of drug-likeness (QED) is 0.703. The fraction of sp³-hybridized carbons (Fsp3) is 0.300. The van der Waals surface area contributed by atoms with Gasteiger partial charge in [0.25, 0.3) is 0 Å². The highest BCUT2D eigenvalue weighted by Gasteiger charge is 2.08. The number of nitrogens with one attached hydrogen (secondary N) is 1. The lowest BCUT2D eigenvalue weighted by molar-refractivity contribution is 0.0600. The summed E-state index contributed by atoms with van der Waals surface area (Å²) in [7, 11) is 3.09. The SMILES string of the molecule is CNCc1cc(C(=O)OC)ccc1O. The smallest absolute Gasteiger partial charge is 0.337 e. The lowest BCUT2D eigenvalue weighted by Gasteiger charge is -2.05. The van der Waals surface area contributed by atoms with Crippen LogP contribution >= 0.6 is 0 Å². The third-order valence-electron chi connectivity index (χ3n) is 1.87. The molecule has 1 aromatic rings. The summed E-state index contributed by atoms with van der Waals surface area (Å²) < 4.78 is 4.57. The van der Waals surface area contributed by atoms with E-state index in [0.29, 0.717) is 17.7 Å². The normalized spacial score (nSPS) is 9.86. The molecule has 0 aliphatic rings. The van der Waals surface area contributed by atoms with Gasteiger partial charge in [-0.05, 0) is 25.2 Å². The molecule has 0 amide bonds. The van der Waals surface area contributed by atoms with Gasteiger partial charge in [0.05, 0.1) is 12.7 Å². The Morgan fingerprint density at radius 3 is 2.86 bits per heavy atom. The molecule has 4 heteroatoms. The van der Waals surface area contributed by atoms with Crippen LogP contribution in [-0.2, 0) is 11.3 Å². The summed E-state index contributed by atoms with van der Waals surface area (Å²) in [6, 6.07) is 4.62. The van der Waals surface area contributed by atoms with E-state index >= 15 is 0 Å². The van der Waals surface area contributed by atoms with Crippen LogP contribution in [0.2, 0.25) is 0 Å². The van der Waals surface area contributed by atoms with E-state index in [9.17, 15) is 9.90 Å². The topological polar surface area (TPSA) is 58.6 Å². The third kappa shape index (κ3) is 2.23. The van der Waals surface area contributed by atoms with Gasteiger partial charge >= 0.3 is 5.97 Å². The average Bonchev–Trinajstić information content (AvgIpc) is 2.20. The van der Waals surface area contributed by atoms with E-state index in [1.807, 2.05) is 0 Å². The maximum atomic E-state index is 11.2. The maximum absolute atomic E-state index is 11.2. The van der Waals surface area contributed by atoms with Gasteiger partial charge in [-0.25, -0.2) is 4.79 Å². The second-order valence-corrected chi connectivity index (χ2v) is 2.87. The van der Waals surface area contributed by atoms with E-state index in [-0.39, 0.29) is 5.75 Å². The molecule has 0 fully saturated rings. The highest BCUT2D eigenvalue weighted by Crippen LogP contribution is 2.18. The molecule has 0 atom stereocenters. The highest BCUT2D eigenvalue weighted by molar-refractivity contribution is 5.89. The van der Waals surface area contributed by atoms with Crippen molar-refractivity contribution in [3.05, 3.63) is 29.3 Å². The van der Waals surface area contributed by atoms with Gasteiger partial charge < -0.3 is 15.2 Å². The number of ether oxygens (including phenoxy) is 1. The van der Waals surface area contributed by atoms with Gasteiger partial charge in [0.2, 0.25) is 0 Å². The van der Waals surface area contributed by atoms with E-state index in [2.05, 4.69) is 10.1 Å². The minimum Gasteiger partial charge on any atom is -0.508 e. The van der Waals surface area contributed by atoms with Crippen molar-refractivity contribution in [3.63, 3.8) is 0 Å². The maximum Gasteiger partial charge on any atom is 0.337 e. The van der Waals surface area contributed by atoms with Crippen LogP contribution in [0.3, 0.4) is 0 Å². The number of methoxy groups -OCH3 is 1. The highest BCUT2D eigenvalue weighted by atomic mass is 16.5. The van der Waals surface area contributed by atoms with Gasteiger partial charge in [0.1, 0.15) is 5.75 Å². The molecule has 0 bridgehead atoms. The molecule has 76 valence electrons. The molecule has 0 saturated carbocycles. The number of benzene rings is 1. The van der Waals surface area contributed by atoms with Crippen molar-refractivity contribution in [2.24, 2.45) is 0 Å². The molecule has 1 rings (SSSR count). The van der Waals surface area contributed by atoms with Crippen LogP contribution in [0.4, 0.5) is 0 Å². The summed E-state index contributed by atoms with van der Waals surface area (Å²) in [6.07, 6.45) is 0. The summed E-state index contributed by atoms with van der Waals surface area (Å²) in [4.78, 5) is 11.2. The number of carbonyl (C=O) groups excluding carboxylic acids is 1. The Labute approximate surface area is 82.5 Å². The Bertz CT molecular complexity index is 336. The van der Waals surface area contributed by atoms with Crippen molar-refractivity contribution < 1.29 is 14.6 Å². The zero-order valence-electron chi connectivity index (χ0n) is 8.20. The van der Waals surface area contributed by atoms with E-state index in [1.165, 1.54) is 19.2 Å². The van der Waals surface area contributed by atoms with Gasteiger partial charge in [-0.15, -0.1) is 0 Å². The number of esters is 1. The minimum absolute atomic E-state index is 0.173. The van der Waals surface area contributed by atoms with Crippen LogP contribution in [0.5, 0.6) is 5.75 Å². The van der Waals surface area contributed by atoms with E-state index < -0.39 is 5.97 Å². The molecule has 0 aliphatic heterocycles. The van der Waals surface area contributed by atoms with Crippen molar-refractivity contribution >= 4 is 5.97 Å². The molecule has 0 radical (unpaired) electrons. The predicted octanol–water partition coefficient (Wildman–Crippen LogP) is 0.898. The summed E-state index contributed by atoms with van der Waals surface area (Å²) >= 11 is 0. The van der Waals surface area contributed by atoms with E-state index in [4.69, 9.17) is 0 Å². The molecule has 0 unspecified atom stereocenters. The lowest BCUT2D eigenvalue weighted by atomic mass is 10.1. The van der Waals surface area contributed by atoms with Crippen molar-refractivity contribution in [2.75, 3.05) is 14.2 Å². The number of aromatic hydroxyl groups is 1. The van der Waals surface area contributed by atoms with Crippen LogP contribution in [0, 0.1) is 0 Å². The molecule has 4 nitrogen and oxygen atoms in total. The first-order chi connectivity index (χ1) is 6.69. The van der Waals surface area contributed by atoms with Crippen LogP contribution in [0.15, 0.2) is 18.2 Å². The standard InChI is InChI=1S/C10H13NO3/c1-11-6-8-5-7(10(13)14-2)3-4-9(8)12/h3-5,11-12H,6H2,1-2H3.